The molecule has 4 nitrogen and oxygen atoms in total. The maximum absolute atomic E-state index is 13.3. The van der Waals surface area contributed by atoms with Gasteiger partial charge in [-0.15, -0.1) is 0 Å². The number of rotatable bonds is 4. The van der Waals surface area contributed by atoms with Crippen LogP contribution in [0.2, 0.25) is 0 Å². The number of nitrogens with zero attached hydrogens (tertiary/aromatic N) is 1. The molecule has 1 aromatic rings. The topological polar surface area (TPSA) is 67.8 Å². The number of hydrogen-bond acceptors (Lipinski definition) is 3. The molecule has 0 amide bonds. The average molecular weight is 294 g/mol. The van der Waals surface area contributed by atoms with Crippen LogP contribution in [-0.2, 0) is 11.3 Å². The lowest BCUT2D eigenvalue weighted by Gasteiger charge is -2.34. The van der Waals surface area contributed by atoms with Crippen molar-refractivity contribution >= 4 is 5.84 Å². The largest absolute Gasteiger partial charge is 0.409 e. The van der Waals surface area contributed by atoms with Gasteiger partial charge < -0.3 is 15.7 Å². The number of amidine groups is 1. The Bertz CT molecular complexity index is 519. The smallest absolute Gasteiger partial charge is 0.170 e. The molecule has 1 aliphatic rings. The van der Waals surface area contributed by atoms with E-state index in [4.69, 9.17) is 15.7 Å². The molecule has 0 saturated heterocycles. The Hall–Kier alpha value is -1.62. The van der Waals surface area contributed by atoms with Crippen LogP contribution < -0.4 is 5.73 Å². The summed E-state index contributed by atoms with van der Waals surface area (Å²) in [5.74, 6) is -0.516. The summed E-state index contributed by atoms with van der Waals surface area (Å²) in [5, 5.41) is 11.7. The number of oxime groups is 1. The Morgan fingerprint density at radius 3 is 2.71 bits per heavy atom. The highest BCUT2D eigenvalue weighted by Crippen LogP contribution is 2.36. The summed E-state index contributed by atoms with van der Waals surface area (Å²) in [4.78, 5) is 0. The van der Waals surface area contributed by atoms with E-state index in [1.807, 2.05) is 0 Å². The monoisotopic (exact) mass is 294 g/mol. The highest BCUT2D eigenvalue weighted by atomic mass is 19.1. The molecule has 3 N–H and O–H groups in total. The molecule has 5 heteroatoms. The van der Waals surface area contributed by atoms with Gasteiger partial charge in [0.05, 0.1) is 12.7 Å². The maximum atomic E-state index is 13.3. The summed E-state index contributed by atoms with van der Waals surface area (Å²) in [5.41, 5.74) is 7.10. The summed E-state index contributed by atoms with van der Waals surface area (Å²) >= 11 is 0. The molecule has 1 fully saturated rings. The molecule has 0 bridgehead atoms. The van der Waals surface area contributed by atoms with Crippen LogP contribution in [0.1, 0.15) is 50.7 Å². The van der Waals surface area contributed by atoms with Crippen LogP contribution in [0, 0.1) is 11.2 Å². The van der Waals surface area contributed by atoms with Crippen LogP contribution in [0.25, 0.3) is 0 Å². The molecule has 2 rings (SSSR count). The fourth-order valence-electron chi connectivity index (χ4n) is 2.71. The Morgan fingerprint density at radius 1 is 1.43 bits per heavy atom. The van der Waals surface area contributed by atoms with Crippen molar-refractivity contribution in [2.75, 3.05) is 0 Å². The minimum absolute atomic E-state index is 0.0992. The fraction of sp³-hybridized carbons (Fsp3) is 0.562. The molecule has 1 aliphatic carbocycles. The second-order valence-corrected chi connectivity index (χ2v) is 6.46. The third kappa shape index (κ3) is 4.17. The van der Waals surface area contributed by atoms with Crippen molar-refractivity contribution in [2.45, 2.75) is 52.2 Å². The normalized spacial score (nSPS) is 19.7. The van der Waals surface area contributed by atoms with Gasteiger partial charge in [-0.1, -0.05) is 25.1 Å². The Kier molecular flexibility index (Phi) is 4.83. The van der Waals surface area contributed by atoms with Crippen molar-refractivity contribution < 1.29 is 14.3 Å². The van der Waals surface area contributed by atoms with Crippen molar-refractivity contribution in [3.8, 4) is 0 Å². The zero-order chi connectivity index (χ0) is 15.5. The van der Waals surface area contributed by atoms with Crippen molar-refractivity contribution in [1.29, 1.82) is 0 Å². The van der Waals surface area contributed by atoms with Crippen LogP contribution in [0.4, 0.5) is 4.39 Å². The van der Waals surface area contributed by atoms with Crippen LogP contribution in [0.15, 0.2) is 23.4 Å². The van der Waals surface area contributed by atoms with Gasteiger partial charge in [0.25, 0.3) is 0 Å². The highest BCUT2D eigenvalue weighted by molar-refractivity contribution is 5.98. The molecule has 0 heterocycles. The van der Waals surface area contributed by atoms with Crippen molar-refractivity contribution in [3.63, 3.8) is 0 Å². The number of nitrogens with two attached hydrogens (primary N) is 1. The highest BCUT2D eigenvalue weighted by Gasteiger charge is 2.27. The Labute approximate surface area is 124 Å². The van der Waals surface area contributed by atoms with Gasteiger partial charge in [-0.3, -0.25) is 0 Å². The van der Waals surface area contributed by atoms with Crippen LogP contribution >= 0.6 is 0 Å². The van der Waals surface area contributed by atoms with Crippen LogP contribution in [0.5, 0.6) is 0 Å². The SMILES string of the molecule is CC1(C)CCC(OCc2ccc(F)cc2/C(N)=N/O)CC1. The number of hydrogen-bond donors (Lipinski definition) is 2. The van der Waals surface area contributed by atoms with E-state index in [0.29, 0.717) is 17.6 Å². The van der Waals surface area contributed by atoms with Gasteiger partial charge in [0, 0.05) is 5.56 Å². The molecule has 0 spiro atoms. The summed E-state index contributed by atoms with van der Waals surface area (Å²) in [7, 11) is 0. The molecule has 0 aliphatic heterocycles. The number of ether oxygens (including phenoxy) is 1. The van der Waals surface area contributed by atoms with Crippen molar-refractivity contribution in [2.24, 2.45) is 16.3 Å². The molecule has 116 valence electrons. The summed E-state index contributed by atoms with van der Waals surface area (Å²) < 4.78 is 19.2. The van der Waals surface area contributed by atoms with E-state index in [9.17, 15) is 4.39 Å². The number of halogens is 1. The predicted octanol–water partition coefficient (Wildman–Crippen LogP) is 3.41. The van der Waals surface area contributed by atoms with E-state index in [0.717, 1.165) is 31.2 Å². The van der Waals surface area contributed by atoms with E-state index in [2.05, 4.69) is 19.0 Å². The van der Waals surface area contributed by atoms with Gasteiger partial charge >= 0.3 is 0 Å². The van der Waals surface area contributed by atoms with E-state index in [1.165, 1.54) is 12.1 Å². The summed E-state index contributed by atoms with van der Waals surface area (Å²) in [6.45, 7) is 4.90. The third-order valence-corrected chi connectivity index (χ3v) is 4.22. The first-order valence-electron chi connectivity index (χ1n) is 7.29. The van der Waals surface area contributed by atoms with E-state index >= 15 is 0 Å². The molecular weight excluding hydrogens is 271 g/mol. The first-order chi connectivity index (χ1) is 9.91. The maximum Gasteiger partial charge on any atom is 0.170 e. The fourth-order valence-corrected chi connectivity index (χ4v) is 2.71. The zero-order valence-electron chi connectivity index (χ0n) is 12.6. The van der Waals surface area contributed by atoms with E-state index in [1.54, 1.807) is 6.07 Å². The molecule has 0 unspecified atom stereocenters. The standard InChI is InChI=1S/C16H23FN2O2/c1-16(2)7-5-13(6-8-16)21-10-11-3-4-12(17)9-14(11)15(18)19-20/h3-4,9,13,20H,5-8,10H2,1-2H3,(H2,18,19). The van der Waals surface area contributed by atoms with Crippen LogP contribution in [-0.4, -0.2) is 17.1 Å². The minimum atomic E-state index is -0.417. The summed E-state index contributed by atoms with van der Waals surface area (Å²) in [6.07, 6.45) is 4.59. The lowest BCUT2D eigenvalue weighted by atomic mass is 9.76. The molecule has 0 atom stereocenters. The molecule has 1 aromatic carbocycles. The van der Waals surface area contributed by atoms with Gasteiger partial charge in [-0.2, -0.15) is 0 Å². The average Bonchev–Trinajstić information content (AvgIpc) is 2.46. The van der Waals surface area contributed by atoms with Crippen LogP contribution in [0.3, 0.4) is 0 Å². The second-order valence-electron chi connectivity index (χ2n) is 6.46. The molecule has 0 aromatic heterocycles. The number of benzene rings is 1. The second kappa shape index (κ2) is 6.43. The predicted molar refractivity (Wildman–Crippen MR) is 79.7 cm³/mol. The first kappa shape index (κ1) is 15.8. The van der Waals surface area contributed by atoms with Gasteiger partial charge in [-0.25, -0.2) is 4.39 Å². The van der Waals surface area contributed by atoms with Gasteiger partial charge in [0.1, 0.15) is 5.82 Å². The summed E-state index contributed by atoms with van der Waals surface area (Å²) in [6, 6.07) is 4.24. The minimum Gasteiger partial charge on any atom is -0.409 e. The lowest BCUT2D eigenvalue weighted by molar-refractivity contribution is -0.00565. The molecule has 0 radical (unpaired) electrons. The molecular formula is C16H23FN2O2. The van der Waals surface area contributed by atoms with Gasteiger partial charge in [-0.05, 0) is 48.8 Å². The Balaban J connectivity index is 2.01. The quantitative estimate of drug-likeness (QED) is 0.387. The molecule has 1 saturated carbocycles. The van der Waals surface area contributed by atoms with E-state index in [-0.39, 0.29) is 11.9 Å². The molecule has 21 heavy (non-hydrogen) atoms. The van der Waals surface area contributed by atoms with Crippen molar-refractivity contribution in [3.05, 3.63) is 35.1 Å². The zero-order valence-corrected chi connectivity index (χ0v) is 12.6. The lowest BCUT2D eigenvalue weighted by Crippen LogP contribution is -2.26. The van der Waals surface area contributed by atoms with Gasteiger partial charge in [0.2, 0.25) is 0 Å². The van der Waals surface area contributed by atoms with E-state index < -0.39 is 5.82 Å². The first-order valence-corrected chi connectivity index (χ1v) is 7.29. The van der Waals surface area contributed by atoms with Gasteiger partial charge in [0.15, 0.2) is 5.84 Å². The third-order valence-electron chi connectivity index (χ3n) is 4.22. The van der Waals surface area contributed by atoms with Crippen molar-refractivity contribution in [1.82, 2.24) is 0 Å². The Morgan fingerprint density at radius 2 is 2.10 bits per heavy atom.